The lowest BCUT2D eigenvalue weighted by atomic mass is 10.0. The molecule has 98 valence electrons. The molecule has 0 saturated heterocycles. The van der Waals surface area contributed by atoms with Gasteiger partial charge in [0.05, 0.1) is 19.2 Å². The quantitative estimate of drug-likeness (QED) is 0.835. The minimum absolute atomic E-state index is 0. The largest absolute Gasteiger partial charge is 0.508 e. The van der Waals surface area contributed by atoms with Crippen LogP contribution in [0.3, 0.4) is 0 Å². The van der Waals surface area contributed by atoms with Crippen LogP contribution in [0.25, 0.3) is 0 Å². The summed E-state index contributed by atoms with van der Waals surface area (Å²) in [6.07, 6.45) is 0.507. The van der Waals surface area contributed by atoms with E-state index in [1.54, 1.807) is 24.3 Å². The first-order chi connectivity index (χ1) is 8.19. The van der Waals surface area contributed by atoms with Gasteiger partial charge in [-0.2, -0.15) is 0 Å². The molecule has 0 radical (unpaired) electrons. The maximum absolute atomic E-state index is 11.1. The van der Waals surface area contributed by atoms with E-state index in [9.17, 15) is 9.90 Å². The van der Waals surface area contributed by atoms with Gasteiger partial charge in [-0.25, -0.2) is 0 Å². The lowest BCUT2D eigenvalue weighted by Gasteiger charge is -2.05. The van der Waals surface area contributed by atoms with Crippen molar-refractivity contribution in [1.29, 1.82) is 0 Å². The molecule has 0 saturated carbocycles. The van der Waals surface area contributed by atoms with Crippen molar-refractivity contribution in [3.63, 3.8) is 0 Å². The predicted molar refractivity (Wildman–Crippen MR) is 67.5 cm³/mol. The van der Waals surface area contributed by atoms with Crippen LogP contribution in [-0.2, 0) is 14.4 Å². The average Bonchev–Trinajstić information content (AvgIpc) is 2.78. The minimum atomic E-state index is -0.308. The number of oxime groups is 1. The minimum Gasteiger partial charge on any atom is -0.508 e. The number of ether oxygens (including phenoxy) is 1. The van der Waals surface area contributed by atoms with Gasteiger partial charge >= 0.3 is 5.97 Å². The first-order valence-electron chi connectivity index (χ1n) is 5.28. The van der Waals surface area contributed by atoms with Crippen molar-refractivity contribution in [3.8, 4) is 5.75 Å². The Balaban J connectivity index is 0.00000162. The summed E-state index contributed by atoms with van der Waals surface area (Å²) in [6, 6.07) is 6.70. The third-order valence-corrected chi connectivity index (χ3v) is 2.56. The summed E-state index contributed by atoms with van der Waals surface area (Å²) in [5.41, 5.74) is 1.66. The van der Waals surface area contributed by atoms with Crippen LogP contribution in [0.5, 0.6) is 5.75 Å². The second-order valence-corrected chi connectivity index (χ2v) is 3.80. The first kappa shape index (κ1) is 14.0. The van der Waals surface area contributed by atoms with Crippen LogP contribution in [-0.4, -0.2) is 30.0 Å². The highest BCUT2D eigenvalue weighted by atomic mass is 16.6. The average molecular weight is 251 g/mol. The van der Waals surface area contributed by atoms with Crippen molar-refractivity contribution in [1.82, 2.24) is 0 Å². The fraction of sp³-hybridized carbons (Fsp3) is 0.385. The third kappa shape index (κ3) is 3.23. The molecule has 1 aromatic carbocycles. The Hall–Kier alpha value is -2.04. The maximum atomic E-state index is 11.1. The van der Waals surface area contributed by atoms with Gasteiger partial charge in [0.2, 0.25) is 0 Å². The van der Waals surface area contributed by atoms with Gasteiger partial charge in [0, 0.05) is 6.42 Å². The smallest absolute Gasteiger partial charge is 0.309 e. The predicted octanol–water partition coefficient (Wildman–Crippen LogP) is 2.08. The molecular weight excluding hydrogens is 234 g/mol. The van der Waals surface area contributed by atoms with Crippen molar-refractivity contribution in [2.24, 2.45) is 5.16 Å². The lowest BCUT2D eigenvalue weighted by Crippen LogP contribution is -2.15. The highest BCUT2D eigenvalue weighted by molar-refractivity contribution is 6.01. The van der Waals surface area contributed by atoms with Crippen LogP contribution in [0, 0.1) is 0 Å². The Bertz CT molecular complexity index is 439. The molecule has 5 heteroatoms. The van der Waals surface area contributed by atoms with Gasteiger partial charge < -0.3 is 14.7 Å². The molecule has 18 heavy (non-hydrogen) atoms. The van der Waals surface area contributed by atoms with E-state index in [0.29, 0.717) is 6.42 Å². The lowest BCUT2D eigenvalue weighted by molar-refractivity contribution is -0.143. The summed E-state index contributed by atoms with van der Waals surface area (Å²) in [6.45, 7) is 0. The number of rotatable bonds is 3. The Morgan fingerprint density at radius 2 is 2.17 bits per heavy atom. The van der Waals surface area contributed by atoms with Crippen molar-refractivity contribution in [2.45, 2.75) is 26.4 Å². The summed E-state index contributed by atoms with van der Waals surface area (Å²) in [4.78, 5) is 16.2. The zero-order valence-electron chi connectivity index (χ0n) is 9.42. The van der Waals surface area contributed by atoms with E-state index < -0.39 is 0 Å². The van der Waals surface area contributed by atoms with Crippen LogP contribution in [0.2, 0.25) is 0 Å². The van der Waals surface area contributed by atoms with E-state index in [1.165, 1.54) is 7.11 Å². The number of carbonyl (C=O) groups is 1. The number of hydrogen-bond donors (Lipinski definition) is 1. The SMILES string of the molecule is C.COC(=O)CC1CC(c2ccc(O)cc2)=NO1. The zero-order valence-corrected chi connectivity index (χ0v) is 9.42. The fourth-order valence-electron chi connectivity index (χ4n) is 1.63. The molecule has 2 rings (SSSR count). The van der Waals surface area contributed by atoms with E-state index in [1.807, 2.05) is 0 Å². The fourth-order valence-corrected chi connectivity index (χ4v) is 1.63. The number of methoxy groups -OCH3 is 1. The van der Waals surface area contributed by atoms with Crippen LogP contribution in [0.4, 0.5) is 0 Å². The number of aromatic hydroxyl groups is 1. The van der Waals surface area contributed by atoms with Crippen molar-refractivity contribution in [2.75, 3.05) is 7.11 Å². The zero-order chi connectivity index (χ0) is 12.3. The summed E-state index contributed by atoms with van der Waals surface area (Å²) in [5, 5.41) is 13.1. The summed E-state index contributed by atoms with van der Waals surface area (Å²) < 4.78 is 4.57. The van der Waals surface area contributed by atoms with Crippen molar-refractivity contribution < 1.29 is 19.5 Å². The number of carbonyl (C=O) groups excluding carboxylic acids is 1. The molecule has 1 aromatic rings. The number of hydrogen-bond acceptors (Lipinski definition) is 5. The summed E-state index contributed by atoms with van der Waals surface area (Å²) in [7, 11) is 1.35. The van der Waals surface area contributed by atoms with Gasteiger partial charge in [-0.15, -0.1) is 0 Å². The Kier molecular flexibility index (Phi) is 4.71. The molecule has 0 spiro atoms. The monoisotopic (exact) mass is 251 g/mol. The molecule has 0 aromatic heterocycles. The van der Waals surface area contributed by atoms with Gasteiger partial charge in [-0.1, -0.05) is 12.6 Å². The van der Waals surface area contributed by atoms with Crippen LogP contribution < -0.4 is 0 Å². The second kappa shape index (κ2) is 6.05. The molecule has 1 aliphatic heterocycles. The van der Waals surface area contributed by atoms with Gasteiger partial charge in [0.1, 0.15) is 11.9 Å². The number of esters is 1. The highest BCUT2D eigenvalue weighted by Gasteiger charge is 2.24. The number of phenolic OH excluding ortho intramolecular Hbond substituents is 1. The third-order valence-electron chi connectivity index (χ3n) is 2.56. The molecule has 1 aliphatic rings. The molecular formula is C13H17NO4. The standard InChI is InChI=1S/C12H13NO4.CH4/c1-16-12(15)7-10-6-11(13-17-10)8-2-4-9(14)5-3-8;/h2-5,10,14H,6-7H2,1H3;1H4. The van der Waals surface area contributed by atoms with E-state index in [0.717, 1.165) is 11.3 Å². The van der Waals surface area contributed by atoms with Gasteiger partial charge in [0.15, 0.2) is 0 Å². The Morgan fingerprint density at radius 3 is 2.78 bits per heavy atom. The van der Waals surface area contributed by atoms with Crippen LogP contribution in [0.1, 0.15) is 25.8 Å². The molecule has 0 aliphatic carbocycles. The summed E-state index contributed by atoms with van der Waals surface area (Å²) in [5.74, 6) is -0.100. The molecule has 1 heterocycles. The Morgan fingerprint density at radius 1 is 1.50 bits per heavy atom. The Labute approximate surface area is 106 Å². The topological polar surface area (TPSA) is 68.1 Å². The highest BCUT2D eigenvalue weighted by Crippen LogP contribution is 2.20. The molecule has 1 N–H and O–H groups in total. The number of phenols is 1. The molecule has 1 unspecified atom stereocenters. The first-order valence-corrected chi connectivity index (χ1v) is 5.28. The number of nitrogens with zero attached hydrogens (tertiary/aromatic N) is 1. The van der Waals surface area contributed by atoms with Crippen molar-refractivity contribution >= 4 is 11.7 Å². The van der Waals surface area contributed by atoms with Crippen LogP contribution >= 0.6 is 0 Å². The van der Waals surface area contributed by atoms with E-state index in [2.05, 4.69) is 9.89 Å². The summed E-state index contributed by atoms with van der Waals surface area (Å²) >= 11 is 0. The molecule has 1 atom stereocenters. The van der Waals surface area contributed by atoms with Crippen LogP contribution in [0.15, 0.2) is 29.4 Å². The van der Waals surface area contributed by atoms with Crippen molar-refractivity contribution in [3.05, 3.63) is 29.8 Å². The normalized spacial score (nSPS) is 17.4. The van der Waals surface area contributed by atoms with Gasteiger partial charge in [-0.05, 0) is 29.8 Å². The second-order valence-electron chi connectivity index (χ2n) is 3.80. The molecule has 0 amide bonds. The van der Waals surface area contributed by atoms with Gasteiger partial charge in [0.25, 0.3) is 0 Å². The van der Waals surface area contributed by atoms with E-state index in [-0.39, 0.29) is 31.7 Å². The van der Waals surface area contributed by atoms with E-state index in [4.69, 9.17) is 4.84 Å². The molecule has 0 fully saturated rings. The van der Waals surface area contributed by atoms with E-state index >= 15 is 0 Å². The molecule has 5 nitrogen and oxygen atoms in total. The van der Waals surface area contributed by atoms with Gasteiger partial charge in [-0.3, -0.25) is 4.79 Å². The maximum Gasteiger partial charge on any atom is 0.309 e. The number of benzene rings is 1. The molecule has 0 bridgehead atoms.